The third kappa shape index (κ3) is 4.24. The van der Waals surface area contributed by atoms with Crippen LogP contribution in [-0.4, -0.2) is 39.1 Å². The summed E-state index contributed by atoms with van der Waals surface area (Å²) in [6.45, 7) is 4.48. The van der Waals surface area contributed by atoms with Crippen LogP contribution in [0.15, 0.2) is 78.9 Å². The van der Waals surface area contributed by atoms with Gasteiger partial charge in [0.15, 0.2) is 0 Å². The number of piperazine rings is 1. The number of amides is 1. The number of rotatable bonds is 4. The smallest absolute Gasteiger partial charge is 0.255 e. The molecule has 1 saturated heterocycles. The molecule has 0 radical (unpaired) electrons. The first-order valence-electron chi connectivity index (χ1n) is 9.82. The highest BCUT2D eigenvalue weighted by atomic mass is 16.1. The van der Waals surface area contributed by atoms with Crippen molar-refractivity contribution in [2.24, 2.45) is 0 Å². The number of quaternary nitrogens is 1. The molecule has 0 spiro atoms. The molecule has 0 aromatic heterocycles. The molecule has 1 aliphatic rings. The van der Waals surface area contributed by atoms with Crippen LogP contribution in [0.25, 0.3) is 11.1 Å². The zero-order chi connectivity index (χ0) is 19.3. The Morgan fingerprint density at radius 3 is 2.07 bits per heavy atom. The maximum atomic E-state index is 12.6. The number of carbonyl (C=O) groups excluding carboxylic acids is 1. The minimum absolute atomic E-state index is 0.0874. The maximum Gasteiger partial charge on any atom is 0.255 e. The molecule has 0 aliphatic carbocycles. The SMILES string of the molecule is C[NH+]1CCN(c2ccc(NC(=O)c3ccc(-c4ccccc4)cc3)cc2)CC1. The Balaban J connectivity index is 1.39. The first-order chi connectivity index (χ1) is 13.7. The van der Waals surface area contributed by atoms with Gasteiger partial charge in [-0.25, -0.2) is 0 Å². The number of likely N-dealkylation sites (N-methyl/N-ethyl adjacent to an activating group) is 1. The van der Waals surface area contributed by atoms with Gasteiger partial charge in [0.2, 0.25) is 0 Å². The molecule has 28 heavy (non-hydrogen) atoms. The monoisotopic (exact) mass is 372 g/mol. The van der Waals surface area contributed by atoms with E-state index in [2.05, 4.69) is 41.5 Å². The topological polar surface area (TPSA) is 36.8 Å². The number of anilines is 2. The van der Waals surface area contributed by atoms with Crippen LogP contribution in [0.3, 0.4) is 0 Å². The van der Waals surface area contributed by atoms with Crippen LogP contribution in [0.4, 0.5) is 11.4 Å². The van der Waals surface area contributed by atoms with E-state index in [1.807, 2.05) is 54.6 Å². The zero-order valence-corrected chi connectivity index (χ0v) is 16.2. The van der Waals surface area contributed by atoms with E-state index in [9.17, 15) is 4.79 Å². The fourth-order valence-electron chi connectivity index (χ4n) is 3.55. The van der Waals surface area contributed by atoms with Gasteiger partial charge >= 0.3 is 0 Å². The molecule has 0 bridgehead atoms. The minimum Gasteiger partial charge on any atom is -0.360 e. The molecule has 1 heterocycles. The Morgan fingerprint density at radius 1 is 0.821 bits per heavy atom. The quantitative estimate of drug-likeness (QED) is 0.739. The molecule has 3 aromatic carbocycles. The summed E-state index contributed by atoms with van der Waals surface area (Å²) in [5.74, 6) is -0.0874. The van der Waals surface area contributed by atoms with E-state index in [1.54, 1.807) is 4.90 Å². The van der Waals surface area contributed by atoms with Crippen LogP contribution in [0, 0.1) is 0 Å². The van der Waals surface area contributed by atoms with Crippen LogP contribution < -0.4 is 15.1 Å². The lowest BCUT2D eigenvalue weighted by molar-refractivity contribution is -0.880. The van der Waals surface area contributed by atoms with Crippen molar-refractivity contribution in [3.8, 4) is 11.1 Å². The van der Waals surface area contributed by atoms with E-state index in [0.717, 1.165) is 43.0 Å². The molecule has 1 amide bonds. The van der Waals surface area contributed by atoms with Crippen LogP contribution in [0.5, 0.6) is 0 Å². The molecule has 0 atom stereocenters. The van der Waals surface area contributed by atoms with Crippen LogP contribution in [0.1, 0.15) is 10.4 Å². The lowest BCUT2D eigenvalue weighted by atomic mass is 10.0. The van der Waals surface area contributed by atoms with Gasteiger partial charge in [-0.05, 0) is 47.5 Å². The van der Waals surface area contributed by atoms with Gasteiger partial charge in [-0.3, -0.25) is 4.79 Å². The Kier molecular flexibility index (Phi) is 5.40. The zero-order valence-electron chi connectivity index (χ0n) is 16.2. The predicted molar refractivity (Wildman–Crippen MR) is 115 cm³/mol. The molecule has 4 nitrogen and oxygen atoms in total. The second kappa shape index (κ2) is 8.28. The number of nitrogens with zero attached hydrogens (tertiary/aromatic N) is 1. The summed E-state index contributed by atoms with van der Waals surface area (Å²) in [5.41, 5.74) is 4.95. The second-order valence-corrected chi connectivity index (χ2v) is 7.39. The summed E-state index contributed by atoms with van der Waals surface area (Å²) in [5, 5.41) is 2.99. The molecule has 0 saturated carbocycles. The Morgan fingerprint density at radius 2 is 1.43 bits per heavy atom. The first-order valence-corrected chi connectivity index (χ1v) is 9.82. The summed E-state index contributed by atoms with van der Waals surface area (Å²) in [6, 6.07) is 26.0. The lowest BCUT2D eigenvalue weighted by Crippen LogP contribution is -3.12. The fourth-order valence-corrected chi connectivity index (χ4v) is 3.55. The first kappa shape index (κ1) is 18.3. The average Bonchev–Trinajstić information content (AvgIpc) is 2.76. The van der Waals surface area contributed by atoms with Gasteiger partial charge < -0.3 is 15.1 Å². The average molecular weight is 372 g/mol. The minimum atomic E-state index is -0.0874. The van der Waals surface area contributed by atoms with Gasteiger partial charge in [0.1, 0.15) is 0 Å². The van der Waals surface area contributed by atoms with Gasteiger partial charge in [-0.1, -0.05) is 42.5 Å². The normalized spacial score (nSPS) is 14.7. The van der Waals surface area contributed by atoms with Gasteiger partial charge in [0, 0.05) is 16.9 Å². The van der Waals surface area contributed by atoms with E-state index in [0.29, 0.717) is 5.56 Å². The molecule has 3 aromatic rings. The predicted octanol–water partition coefficient (Wildman–Crippen LogP) is 2.94. The number of benzene rings is 3. The van der Waals surface area contributed by atoms with Crippen molar-refractivity contribution in [3.05, 3.63) is 84.4 Å². The third-order valence-electron chi connectivity index (χ3n) is 5.36. The highest BCUT2D eigenvalue weighted by molar-refractivity contribution is 6.04. The Hall–Kier alpha value is -3.11. The summed E-state index contributed by atoms with van der Waals surface area (Å²) in [7, 11) is 2.24. The summed E-state index contributed by atoms with van der Waals surface area (Å²) in [6.07, 6.45) is 0. The van der Waals surface area contributed by atoms with Crippen molar-refractivity contribution in [2.45, 2.75) is 0 Å². The number of hydrogen-bond donors (Lipinski definition) is 2. The molecule has 0 unspecified atom stereocenters. The van der Waals surface area contributed by atoms with Crippen molar-refractivity contribution < 1.29 is 9.69 Å². The van der Waals surface area contributed by atoms with Crippen molar-refractivity contribution in [2.75, 3.05) is 43.4 Å². The fraction of sp³-hybridized carbons (Fsp3) is 0.208. The summed E-state index contributed by atoms with van der Waals surface area (Å²) in [4.78, 5) is 16.5. The van der Waals surface area contributed by atoms with Gasteiger partial charge in [-0.2, -0.15) is 0 Å². The number of hydrogen-bond acceptors (Lipinski definition) is 2. The Bertz CT molecular complexity index is 912. The second-order valence-electron chi connectivity index (χ2n) is 7.39. The largest absolute Gasteiger partial charge is 0.360 e. The maximum absolute atomic E-state index is 12.6. The van der Waals surface area contributed by atoms with Crippen molar-refractivity contribution in [1.82, 2.24) is 0 Å². The van der Waals surface area contributed by atoms with E-state index < -0.39 is 0 Å². The van der Waals surface area contributed by atoms with E-state index in [4.69, 9.17) is 0 Å². The molecule has 2 N–H and O–H groups in total. The molecule has 142 valence electrons. The molecule has 4 heteroatoms. The van der Waals surface area contributed by atoms with Crippen molar-refractivity contribution in [1.29, 1.82) is 0 Å². The van der Waals surface area contributed by atoms with Crippen molar-refractivity contribution >= 4 is 17.3 Å². The molecular weight excluding hydrogens is 346 g/mol. The van der Waals surface area contributed by atoms with E-state index in [-0.39, 0.29) is 5.91 Å². The molecule has 4 rings (SSSR count). The summed E-state index contributed by atoms with van der Waals surface area (Å²) < 4.78 is 0. The van der Waals surface area contributed by atoms with E-state index >= 15 is 0 Å². The van der Waals surface area contributed by atoms with Crippen LogP contribution in [-0.2, 0) is 0 Å². The van der Waals surface area contributed by atoms with Gasteiger partial charge in [0.05, 0.1) is 33.2 Å². The Labute approximate surface area is 166 Å². The van der Waals surface area contributed by atoms with Crippen LogP contribution in [0.2, 0.25) is 0 Å². The highest BCUT2D eigenvalue weighted by Crippen LogP contribution is 2.21. The molecule has 1 fully saturated rings. The lowest BCUT2D eigenvalue weighted by Gasteiger charge is -2.31. The standard InChI is InChI=1S/C24H25N3O/c1-26-15-17-27(18-16-26)23-13-11-22(12-14-23)25-24(28)21-9-7-20(8-10-21)19-5-3-2-4-6-19/h2-14H,15-18H2,1H3,(H,25,28)/p+1. The van der Waals surface area contributed by atoms with Gasteiger partial charge in [0.25, 0.3) is 5.91 Å². The van der Waals surface area contributed by atoms with Crippen molar-refractivity contribution in [3.63, 3.8) is 0 Å². The molecule has 1 aliphatic heterocycles. The van der Waals surface area contributed by atoms with Gasteiger partial charge in [-0.15, -0.1) is 0 Å². The summed E-state index contributed by atoms with van der Waals surface area (Å²) >= 11 is 0. The third-order valence-corrected chi connectivity index (χ3v) is 5.36. The highest BCUT2D eigenvalue weighted by Gasteiger charge is 2.16. The van der Waals surface area contributed by atoms with Crippen LogP contribution >= 0.6 is 0 Å². The number of carbonyl (C=O) groups is 1. The number of nitrogens with one attached hydrogen (secondary N) is 2. The molecular formula is C24H26N3O+. The van der Waals surface area contributed by atoms with E-state index in [1.165, 1.54) is 5.69 Å².